The molecule has 0 radical (unpaired) electrons. The molecule has 0 bridgehead atoms. The Morgan fingerprint density at radius 2 is 1.89 bits per heavy atom. The minimum atomic E-state index is -0.509. The predicted molar refractivity (Wildman–Crippen MR) is 156 cm³/mol. The maximum absolute atomic E-state index is 13.6. The number of hydrogen-bond acceptors (Lipinski definition) is 5. The molecular formula is C30H30N4O2S2. The summed E-state index contributed by atoms with van der Waals surface area (Å²) in [7, 11) is 0. The maximum Gasteiger partial charge on any atom is 0.270 e. The Bertz CT molecular complexity index is 1520. The van der Waals surface area contributed by atoms with Crippen LogP contribution in [-0.2, 0) is 28.9 Å². The smallest absolute Gasteiger partial charge is 0.270 e. The number of fused-ring (bicyclic) bond motifs is 1. The van der Waals surface area contributed by atoms with Crippen LogP contribution in [0.1, 0.15) is 71.1 Å². The van der Waals surface area contributed by atoms with Gasteiger partial charge in [-0.15, -0.1) is 11.3 Å². The number of hydrogen-bond donors (Lipinski definition) is 1. The van der Waals surface area contributed by atoms with E-state index in [1.165, 1.54) is 20.9 Å². The van der Waals surface area contributed by atoms with Crippen LogP contribution in [0.2, 0.25) is 0 Å². The van der Waals surface area contributed by atoms with Crippen molar-refractivity contribution in [3.8, 4) is 11.1 Å². The number of carbonyl (C=O) groups excluding carboxylic acids is 2. The van der Waals surface area contributed by atoms with Crippen molar-refractivity contribution in [1.29, 1.82) is 5.26 Å². The number of thiophene rings is 1. The molecule has 1 aromatic carbocycles. The molecule has 2 aromatic heterocycles. The largest absolute Gasteiger partial charge is 0.308 e. The summed E-state index contributed by atoms with van der Waals surface area (Å²) in [5.74, 6) is -0.959. The third-order valence-electron chi connectivity index (χ3n) is 7.35. The number of aromatic nitrogens is 1. The van der Waals surface area contributed by atoms with Crippen molar-refractivity contribution in [2.24, 2.45) is 0 Å². The molecule has 8 heteroatoms. The van der Waals surface area contributed by atoms with Crippen molar-refractivity contribution in [3.63, 3.8) is 0 Å². The minimum absolute atomic E-state index is 0.0277. The van der Waals surface area contributed by atoms with Crippen molar-refractivity contribution in [3.05, 3.63) is 74.4 Å². The second kappa shape index (κ2) is 10.7. The molecule has 1 aliphatic carbocycles. The number of anilines is 1. The number of aryl methyl sites for hydroxylation is 3. The first-order chi connectivity index (χ1) is 18.3. The van der Waals surface area contributed by atoms with Crippen LogP contribution in [0.25, 0.3) is 11.1 Å². The van der Waals surface area contributed by atoms with Crippen LogP contribution in [0.4, 0.5) is 5.69 Å². The maximum atomic E-state index is 13.6. The van der Waals surface area contributed by atoms with Crippen LogP contribution in [0.3, 0.4) is 0 Å². The quantitative estimate of drug-likeness (QED) is 0.233. The normalized spacial score (nSPS) is 16.5. The molecule has 2 amide bonds. The summed E-state index contributed by atoms with van der Waals surface area (Å²) in [5, 5.41) is 13.7. The lowest BCUT2D eigenvalue weighted by Gasteiger charge is -2.29. The van der Waals surface area contributed by atoms with Gasteiger partial charge in [0.15, 0.2) is 5.11 Å². The molecule has 0 atom stereocenters. The highest BCUT2D eigenvalue weighted by Gasteiger charge is 2.35. The highest BCUT2D eigenvalue weighted by atomic mass is 32.1. The summed E-state index contributed by atoms with van der Waals surface area (Å²) in [6.45, 7) is 6.10. The summed E-state index contributed by atoms with van der Waals surface area (Å²) in [6.07, 6.45) is 9.04. The van der Waals surface area contributed by atoms with E-state index in [9.17, 15) is 14.9 Å². The molecule has 1 fully saturated rings. The van der Waals surface area contributed by atoms with E-state index in [0.29, 0.717) is 5.69 Å². The fraction of sp³-hybridized carbons (Fsp3) is 0.333. The van der Waals surface area contributed by atoms with E-state index in [1.807, 2.05) is 44.2 Å². The van der Waals surface area contributed by atoms with Crippen LogP contribution in [-0.4, -0.2) is 21.5 Å². The average Bonchev–Trinajstić information content (AvgIpc) is 3.40. The number of amides is 2. The fourth-order valence-electron chi connectivity index (χ4n) is 5.31. The molecule has 0 spiro atoms. The number of rotatable bonds is 6. The molecular weight excluding hydrogens is 512 g/mol. The van der Waals surface area contributed by atoms with Gasteiger partial charge in [0.1, 0.15) is 16.6 Å². The molecule has 1 aliphatic heterocycles. The molecule has 194 valence electrons. The molecule has 0 unspecified atom stereocenters. The van der Waals surface area contributed by atoms with Gasteiger partial charge in [0.05, 0.1) is 11.3 Å². The van der Waals surface area contributed by atoms with E-state index >= 15 is 0 Å². The van der Waals surface area contributed by atoms with Crippen LogP contribution < -0.4 is 10.2 Å². The highest BCUT2D eigenvalue weighted by molar-refractivity contribution is 7.80. The van der Waals surface area contributed by atoms with Gasteiger partial charge in [-0.1, -0.05) is 25.5 Å². The van der Waals surface area contributed by atoms with Gasteiger partial charge in [0.2, 0.25) is 0 Å². The SMILES string of the molecule is CCCCc1ccc(N2C(=O)C(=Cc3cc(C)n(-c4sc5c(c4C#N)CCCC5)c3C)C(=O)NC2=S)cc1. The van der Waals surface area contributed by atoms with Gasteiger partial charge in [-0.2, -0.15) is 5.26 Å². The van der Waals surface area contributed by atoms with Gasteiger partial charge in [0, 0.05) is 16.3 Å². The summed E-state index contributed by atoms with van der Waals surface area (Å²) < 4.78 is 2.08. The van der Waals surface area contributed by atoms with Gasteiger partial charge in [-0.05, 0) is 106 Å². The summed E-state index contributed by atoms with van der Waals surface area (Å²) >= 11 is 7.06. The molecule has 1 N–H and O–H groups in total. The monoisotopic (exact) mass is 542 g/mol. The first kappa shape index (κ1) is 26.1. The number of thiocarbonyl (C=S) groups is 1. The van der Waals surface area contributed by atoms with Crippen LogP contribution >= 0.6 is 23.6 Å². The second-order valence-corrected chi connectivity index (χ2v) is 11.4. The Hall–Kier alpha value is -3.54. The fourth-order valence-corrected chi connectivity index (χ4v) is 7.04. The van der Waals surface area contributed by atoms with Gasteiger partial charge in [0.25, 0.3) is 11.8 Å². The lowest BCUT2D eigenvalue weighted by atomic mass is 9.96. The Labute approximate surface area is 232 Å². The zero-order chi connectivity index (χ0) is 27.0. The summed E-state index contributed by atoms with van der Waals surface area (Å²) in [6, 6.07) is 12.2. The summed E-state index contributed by atoms with van der Waals surface area (Å²) in [4.78, 5) is 29.2. The number of benzene rings is 1. The lowest BCUT2D eigenvalue weighted by Crippen LogP contribution is -2.54. The lowest BCUT2D eigenvalue weighted by molar-refractivity contribution is -0.122. The van der Waals surface area contributed by atoms with E-state index in [4.69, 9.17) is 12.2 Å². The average molecular weight is 543 g/mol. The molecule has 0 saturated carbocycles. The standard InChI is InChI=1S/C30H30N4O2S2/c1-4-5-8-20-11-13-22(14-12-20)34-28(36)24(27(35)32-30(34)37)16-21-15-18(2)33(19(21)3)29-25(17-31)23-9-6-7-10-26(23)38-29/h11-16H,4-10H2,1-3H3,(H,32,35,37). The van der Waals surface area contributed by atoms with Crippen molar-refractivity contribution in [1.82, 2.24) is 9.88 Å². The van der Waals surface area contributed by atoms with Gasteiger partial charge >= 0.3 is 0 Å². The van der Waals surface area contributed by atoms with Crippen molar-refractivity contribution in [2.45, 2.75) is 65.7 Å². The van der Waals surface area contributed by atoms with Crippen LogP contribution in [0, 0.1) is 25.2 Å². The Morgan fingerprint density at radius 3 is 2.61 bits per heavy atom. The van der Waals surface area contributed by atoms with Gasteiger partial charge < -0.3 is 4.57 Å². The molecule has 3 aromatic rings. The predicted octanol–water partition coefficient (Wildman–Crippen LogP) is 6.08. The third kappa shape index (κ3) is 4.61. The zero-order valence-corrected chi connectivity index (χ0v) is 23.5. The molecule has 38 heavy (non-hydrogen) atoms. The molecule has 5 rings (SSSR count). The van der Waals surface area contributed by atoms with Gasteiger partial charge in [-0.25, -0.2) is 0 Å². The number of nitrogens with zero attached hydrogens (tertiary/aromatic N) is 3. The van der Waals surface area contributed by atoms with Gasteiger partial charge in [-0.3, -0.25) is 19.8 Å². The highest BCUT2D eigenvalue weighted by Crippen LogP contribution is 2.38. The molecule has 1 saturated heterocycles. The number of nitriles is 1. The van der Waals surface area contributed by atoms with E-state index in [-0.39, 0.29) is 10.7 Å². The summed E-state index contributed by atoms with van der Waals surface area (Å²) in [5.41, 5.74) is 6.37. The Morgan fingerprint density at radius 1 is 1.16 bits per heavy atom. The molecule has 6 nitrogen and oxygen atoms in total. The Kier molecular flexibility index (Phi) is 7.33. The van der Waals surface area contributed by atoms with E-state index in [1.54, 1.807) is 17.4 Å². The second-order valence-electron chi connectivity index (χ2n) is 9.89. The van der Waals surface area contributed by atoms with Crippen molar-refractivity contribution >= 4 is 52.2 Å². The third-order valence-corrected chi connectivity index (χ3v) is 8.91. The zero-order valence-electron chi connectivity index (χ0n) is 21.9. The van der Waals surface area contributed by atoms with Crippen molar-refractivity contribution in [2.75, 3.05) is 4.90 Å². The van der Waals surface area contributed by atoms with E-state index < -0.39 is 11.8 Å². The van der Waals surface area contributed by atoms with E-state index in [2.05, 4.69) is 22.9 Å². The number of unbranched alkanes of at least 4 members (excludes halogenated alkanes) is 1. The first-order valence-electron chi connectivity index (χ1n) is 13.1. The number of nitrogens with one attached hydrogen (secondary N) is 1. The van der Waals surface area contributed by atoms with Crippen LogP contribution in [0.5, 0.6) is 0 Å². The van der Waals surface area contributed by atoms with Crippen LogP contribution in [0.15, 0.2) is 35.9 Å². The van der Waals surface area contributed by atoms with E-state index in [0.717, 1.165) is 72.5 Å². The minimum Gasteiger partial charge on any atom is -0.308 e. The first-order valence-corrected chi connectivity index (χ1v) is 14.3. The number of carbonyl (C=O) groups is 2. The molecule has 3 heterocycles. The van der Waals surface area contributed by atoms with Crippen molar-refractivity contribution < 1.29 is 9.59 Å². The molecule has 2 aliphatic rings. The topological polar surface area (TPSA) is 78.1 Å². The Balaban J connectivity index is 1.51.